The molecule has 1 amide bonds. The normalized spacial score (nSPS) is 18.3. The van der Waals surface area contributed by atoms with Crippen LogP contribution in [-0.4, -0.2) is 22.8 Å². The SMILES string of the molecule is CC1=NNC(=O)[C@@H]1NC(=S)Nc1ccccc1. The lowest BCUT2D eigenvalue weighted by Crippen LogP contribution is -2.46. The van der Waals surface area contributed by atoms with Gasteiger partial charge in [0, 0.05) is 5.69 Å². The van der Waals surface area contributed by atoms with Crippen LogP contribution in [0, 0.1) is 0 Å². The average molecular weight is 248 g/mol. The summed E-state index contributed by atoms with van der Waals surface area (Å²) < 4.78 is 0. The van der Waals surface area contributed by atoms with E-state index in [1.165, 1.54) is 0 Å². The third-order valence-corrected chi connectivity index (χ3v) is 2.55. The van der Waals surface area contributed by atoms with Crippen molar-refractivity contribution in [1.82, 2.24) is 10.7 Å². The zero-order chi connectivity index (χ0) is 12.3. The Morgan fingerprint density at radius 3 is 2.71 bits per heavy atom. The second-order valence-electron chi connectivity index (χ2n) is 3.63. The van der Waals surface area contributed by atoms with E-state index in [1.807, 2.05) is 30.3 Å². The molecular formula is C11H12N4OS. The number of carbonyl (C=O) groups is 1. The van der Waals surface area contributed by atoms with Gasteiger partial charge in [0.05, 0.1) is 5.71 Å². The molecule has 0 unspecified atom stereocenters. The summed E-state index contributed by atoms with van der Waals surface area (Å²) in [5.41, 5.74) is 3.93. The van der Waals surface area contributed by atoms with Crippen molar-refractivity contribution in [2.24, 2.45) is 5.10 Å². The second-order valence-corrected chi connectivity index (χ2v) is 4.03. The molecule has 2 rings (SSSR count). The molecule has 88 valence electrons. The number of benzene rings is 1. The number of nitrogens with one attached hydrogen (secondary N) is 3. The van der Waals surface area contributed by atoms with E-state index in [-0.39, 0.29) is 5.91 Å². The Morgan fingerprint density at radius 2 is 2.12 bits per heavy atom. The van der Waals surface area contributed by atoms with Gasteiger partial charge in [-0.25, -0.2) is 5.43 Å². The quantitative estimate of drug-likeness (QED) is 0.679. The van der Waals surface area contributed by atoms with Gasteiger partial charge in [0.25, 0.3) is 5.91 Å². The Hall–Kier alpha value is -1.95. The molecule has 0 fully saturated rings. The van der Waals surface area contributed by atoms with E-state index in [9.17, 15) is 4.79 Å². The number of amides is 1. The van der Waals surface area contributed by atoms with Gasteiger partial charge < -0.3 is 10.6 Å². The fourth-order valence-corrected chi connectivity index (χ4v) is 1.69. The van der Waals surface area contributed by atoms with E-state index in [0.717, 1.165) is 5.69 Å². The van der Waals surface area contributed by atoms with Crippen molar-refractivity contribution < 1.29 is 4.79 Å². The van der Waals surface area contributed by atoms with Crippen LogP contribution in [0.25, 0.3) is 0 Å². The summed E-state index contributed by atoms with van der Waals surface area (Å²) in [6, 6.07) is 9.02. The summed E-state index contributed by atoms with van der Waals surface area (Å²) in [7, 11) is 0. The molecule has 1 heterocycles. The fourth-order valence-electron chi connectivity index (χ4n) is 1.45. The van der Waals surface area contributed by atoms with Crippen molar-refractivity contribution >= 4 is 34.6 Å². The number of carbonyl (C=O) groups excluding carboxylic acids is 1. The Kier molecular flexibility index (Phi) is 3.34. The first kappa shape index (κ1) is 11.5. The number of rotatable bonds is 2. The van der Waals surface area contributed by atoms with Crippen LogP contribution in [0.1, 0.15) is 6.92 Å². The maximum atomic E-state index is 11.4. The van der Waals surface area contributed by atoms with Crippen molar-refractivity contribution in [3.63, 3.8) is 0 Å². The van der Waals surface area contributed by atoms with Gasteiger partial charge in [-0.05, 0) is 31.3 Å². The number of anilines is 1. The highest BCUT2D eigenvalue weighted by Crippen LogP contribution is 2.05. The van der Waals surface area contributed by atoms with Gasteiger partial charge in [0.2, 0.25) is 0 Å². The number of hydrogen-bond acceptors (Lipinski definition) is 3. The summed E-state index contributed by atoms with van der Waals surface area (Å²) in [6.45, 7) is 1.76. The molecule has 6 heteroatoms. The van der Waals surface area contributed by atoms with Crippen molar-refractivity contribution in [3.8, 4) is 0 Å². The first-order valence-corrected chi connectivity index (χ1v) is 5.54. The number of thiocarbonyl (C=S) groups is 1. The van der Waals surface area contributed by atoms with E-state index >= 15 is 0 Å². The van der Waals surface area contributed by atoms with Crippen LogP contribution in [-0.2, 0) is 4.79 Å². The minimum atomic E-state index is -0.487. The lowest BCUT2D eigenvalue weighted by molar-refractivity contribution is -0.120. The molecule has 1 aliphatic rings. The molecule has 1 aromatic rings. The molecule has 1 aliphatic heterocycles. The molecule has 0 aromatic heterocycles. The number of hydrazone groups is 1. The van der Waals surface area contributed by atoms with E-state index in [2.05, 4.69) is 21.2 Å². The highest BCUT2D eigenvalue weighted by molar-refractivity contribution is 7.80. The summed E-state index contributed by atoms with van der Waals surface area (Å²) >= 11 is 5.12. The Morgan fingerprint density at radius 1 is 1.41 bits per heavy atom. The number of para-hydroxylation sites is 1. The van der Waals surface area contributed by atoms with Gasteiger partial charge in [0.1, 0.15) is 6.04 Å². The summed E-state index contributed by atoms with van der Waals surface area (Å²) in [5, 5.41) is 10.1. The van der Waals surface area contributed by atoms with Crippen LogP contribution in [0.3, 0.4) is 0 Å². The topological polar surface area (TPSA) is 65.5 Å². The van der Waals surface area contributed by atoms with Gasteiger partial charge in [0.15, 0.2) is 5.11 Å². The lowest BCUT2D eigenvalue weighted by atomic mass is 10.2. The molecule has 5 nitrogen and oxygen atoms in total. The minimum Gasteiger partial charge on any atom is -0.346 e. The summed E-state index contributed by atoms with van der Waals surface area (Å²) in [6.07, 6.45) is 0. The van der Waals surface area contributed by atoms with Gasteiger partial charge >= 0.3 is 0 Å². The first-order valence-electron chi connectivity index (χ1n) is 5.13. The van der Waals surface area contributed by atoms with Crippen molar-refractivity contribution in [3.05, 3.63) is 30.3 Å². The van der Waals surface area contributed by atoms with E-state index in [1.54, 1.807) is 6.92 Å². The predicted molar refractivity (Wildman–Crippen MR) is 70.8 cm³/mol. The molecular weight excluding hydrogens is 236 g/mol. The average Bonchev–Trinajstić information content (AvgIpc) is 2.62. The van der Waals surface area contributed by atoms with Crippen molar-refractivity contribution in [1.29, 1.82) is 0 Å². The van der Waals surface area contributed by atoms with Crippen LogP contribution in [0.2, 0.25) is 0 Å². The molecule has 0 saturated carbocycles. The Bertz CT molecular complexity index is 472. The maximum Gasteiger partial charge on any atom is 0.268 e. The summed E-state index contributed by atoms with van der Waals surface area (Å²) in [5.74, 6) is -0.195. The highest BCUT2D eigenvalue weighted by atomic mass is 32.1. The van der Waals surface area contributed by atoms with Crippen LogP contribution in [0.15, 0.2) is 35.4 Å². The van der Waals surface area contributed by atoms with Crippen LogP contribution in [0.4, 0.5) is 5.69 Å². The lowest BCUT2D eigenvalue weighted by Gasteiger charge is -2.14. The first-order chi connectivity index (χ1) is 8.16. The third kappa shape index (κ3) is 2.79. The minimum absolute atomic E-state index is 0.195. The molecule has 17 heavy (non-hydrogen) atoms. The zero-order valence-corrected chi connectivity index (χ0v) is 10.0. The molecule has 0 saturated heterocycles. The second kappa shape index (κ2) is 4.92. The zero-order valence-electron chi connectivity index (χ0n) is 9.23. The molecule has 3 N–H and O–H groups in total. The van der Waals surface area contributed by atoms with E-state index < -0.39 is 6.04 Å². The standard InChI is InChI=1S/C11H12N4OS/c1-7-9(10(16)15-14-7)13-11(17)12-8-5-3-2-4-6-8/h2-6,9H,1H3,(H,15,16)(H2,12,13,17)/t9-/m1/s1. The maximum absolute atomic E-state index is 11.4. The molecule has 0 bridgehead atoms. The summed E-state index contributed by atoms with van der Waals surface area (Å²) in [4.78, 5) is 11.4. The van der Waals surface area contributed by atoms with E-state index in [0.29, 0.717) is 10.8 Å². The smallest absolute Gasteiger partial charge is 0.268 e. The van der Waals surface area contributed by atoms with Gasteiger partial charge in [-0.1, -0.05) is 18.2 Å². The molecule has 1 aromatic carbocycles. The fraction of sp³-hybridized carbons (Fsp3) is 0.182. The van der Waals surface area contributed by atoms with Crippen LogP contribution < -0.4 is 16.1 Å². The Balaban J connectivity index is 1.94. The van der Waals surface area contributed by atoms with Gasteiger partial charge in [-0.3, -0.25) is 4.79 Å². The molecule has 1 atom stereocenters. The van der Waals surface area contributed by atoms with Crippen molar-refractivity contribution in [2.45, 2.75) is 13.0 Å². The molecule has 0 spiro atoms. The van der Waals surface area contributed by atoms with E-state index in [4.69, 9.17) is 12.2 Å². The molecule has 0 aliphatic carbocycles. The number of hydrogen-bond donors (Lipinski definition) is 3. The van der Waals surface area contributed by atoms with Gasteiger partial charge in [-0.15, -0.1) is 0 Å². The largest absolute Gasteiger partial charge is 0.346 e. The predicted octanol–water partition coefficient (Wildman–Crippen LogP) is 0.847. The molecule has 0 radical (unpaired) electrons. The van der Waals surface area contributed by atoms with Crippen LogP contribution in [0.5, 0.6) is 0 Å². The monoisotopic (exact) mass is 248 g/mol. The highest BCUT2D eigenvalue weighted by Gasteiger charge is 2.27. The third-order valence-electron chi connectivity index (χ3n) is 2.33. The Labute approximate surface area is 104 Å². The number of nitrogens with zero attached hydrogens (tertiary/aromatic N) is 1. The van der Waals surface area contributed by atoms with Crippen molar-refractivity contribution in [2.75, 3.05) is 5.32 Å². The van der Waals surface area contributed by atoms with Crippen LogP contribution >= 0.6 is 12.2 Å². The van der Waals surface area contributed by atoms with Gasteiger partial charge in [-0.2, -0.15) is 5.10 Å².